The number of aromatic nitrogens is 4. The van der Waals surface area contributed by atoms with Crippen molar-refractivity contribution >= 4 is 7.60 Å². The minimum atomic E-state index is -3.10. The van der Waals surface area contributed by atoms with E-state index >= 15 is 0 Å². The maximum Gasteiger partial charge on any atom is 0.337 e. The van der Waals surface area contributed by atoms with Crippen LogP contribution in [0.4, 0.5) is 0 Å². The van der Waals surface area contributed by atoms with Gasteiger partial charge in [0.25, 0.3) is 0 Å². The van der Waals surface area contributed by atoms with E-state index in [1.54, 1.807) is 0 Å². The maximum absolute atomic E-state index is 12.9. The fourth-order valence-corrected chi connectivity index (χ4v) is 10.1. The van der Waals surface area contributed by atoms with Crippen LogP contribution in [0.25, 0.3) is 44.8 Å². The molecular weight excluding hydrogens is 748 g/mol. The second kappa shape index (κ2) is 16.5. The Morgan fingerprint density at radius 3 is 1.36 bits per heavy atom. The molecule has 0 saturated heterocycles. The van der Waals surface area contributed by atoms with E-state index in [1.165, 1.54) is 33.4 Å². The zero-order valence-corrected chi connectivity index (χ0v) is 34.2. The van der Waals surface area contributed by atoms with Crippen LogP contribution in [-0.4, -0.2) is 24.4 Å². The molecule has 0 radical (unpaired) electrons. The van der Waals surface area contributed by atoms with Crippen molar-refractivity contribution in [3.05, 3.63) is 217 Å². The Kier molecular flexibility index (Phi) is 10.7. The molecule has 0 amide bonds. The van der Waals surface area contributed by atoms with E-state index in [4.69, 9.17) is 9.05 Å². The monoisotopic (exact) mass is 793 g/mol. The number of benzene rings is 4. The molecule has 0 aliphatic heterocycles. The van der Waals surface area contributed by atoms with Gasteiger partial charge in [0.15, 0.2) is 43.7 Å². The minimum Gasteiger partial charge on any atom is -0.309 e. The Morgan fingerprint density at radius 1 is 0.508 bits per heavy atom. The quantitative estimate of drug-likeness (QED) is 0.0862. The number of pyridine rings is 4. The maximum atomic E-state index is 12.9. The largest absolute Gasteiger partial charge is 0.337 e. The molecule has 59 heavy (non-hydrogen) atoms. The van der Waals surface area contributed by atoms with Crippen LogP contribution in [0.2, 0.25) is 0 Å². The number of nitrogens with zero attached hydrogens (tertiary/aromatic N) is 4. The Labute approximate surface area is 346 Å². The normalized spacial score (nSPS) is 12.8. The van der Waals surface area contributed by atoms with Crippen molar-refractivity contribution in [3.8, 4) is 44.8 Å². The predicted octanol–water partition coefficient (Wildman–Crippen LogP) is 9.89. The van der Waals surface area contributed by atoms with E-state index in [2.05, 4.69) is 172 Å². The molecule has 4 heterocycles. The zero-order chi connectivity index (χ0) is 40.2. The molecule has 8 aromatic rings. The van der Waals surface area contributed by atoms with Gasteiger partial charge in [0, 0.05) is 73.1 Å². The van der Waals surface area contributed by atoms with Crippen molar-refractivity contribution in [3.63, 3.8) is 0 Å². The summed E-state index contributed by atoms with van der Waals surface area (Å²) in [5, 5.41) is 0. The van der Waals surface area contributed by atoms with Gasteiger partial charge in [0.05, 0.1) is 18.6 Å². The summed E-state index contributed by atoms with van der Waals surface area (Å²) in [5.41, 5.74) is 13.8. The first-order chi connectivity index (χ1) is 29.0. The molecule has 0 bridgehead atoms. The van der Waals surface area contributed by atoms with E-state index in [1.807, 2.05) is 55.3 Å². The van der Waals surface area contributed by atoms with E-state index < -0.39 is 13.0 Å². The van der Waals surface area contributed by atoms with Gasteiger partial charge in [-0.2, -0.15) is 9.13 Å². The summed E-state index contributed by atoms with van der Waals surface area (Å²) in [6.07, 6.45) is 16.5. The first-order valence-electron chi connectivity index (χ1n) is 20.2. The molecule has 0 unspecified atom stereocenters. The lowest BCUT2D eigenvalue weighted by molar-refractivity contribution is -0.692. The molecule has 0 fully saturated rings. The second-order valence-electron chi connectivity index (χ2n) is 14.7. The fourth-order valence-electron chi connectivity index (χ4n) is 8.51. The summed E-state index contributed by atoms with van der Waals surface area (Å²) < 4.78 is 30.2. The van der Waals surface area contributed by atoms with Crippen LogP contribution in [-0.2, 0) is 25.6 Å². The third-order valence-corrected chi connectivity index (χ3v) is 13.4. The van der Waals surface area contributed by atoms with Gasteiger partial charge in [0.1, 0.15) is 6.16 Å². The molecule has 1 aliphatic carbocycles. The third kappa shape index (κ3) is 7.34. The van der Waals surface area contributed by atoms with Crippen LogP contribution in [0.3, 0.4) is 0 Å². The van der Waals surface area contributed by atoms with E-state index in [9.17, 15) is 4.57 Å². The van der Waals surface area contributed by atoms with Crippen molar-refractivity contribution in [1.29, 1.82) is 0 Å². The summed E-state index contributed by atoms with van der Waals surface area (Å²) in [6.45, 7) is 4.95. The van der Waals surface area contributed by atoms with Gasteiger partial charge in [-0.1, -0.05) is 72.8 Å². The standard InChI is InChI=1S/C51H46N4O3P/c1-3-57-59(56,58-4-2)38-37-53-31-23-40(24-32-53)42-27-35-55(36-28-42)46-19-15-44(16-20-46)51(49-11-7-5-9-47(49)48-10-6-8-12-50(48)51)43-13-17-45(18-14-43)54-33-25-41(26-34-54)39-21-29-52-30-22-39/h5-36H,3-4,37-38H2,1-2H3/q+3. The Morgan fingerprint density at radius 2 is 0.915 bits per heavy atom. The van der Waals surface area contributed by atoms with Gasteiger partial charge in [-0.15, -0.1) is 0 Å². The van der Waals surface area contributed by atoms with Gasteiger partial charge in [-0.05, 0) is 81.6 Å². The highest BCUT2D eigenvalue weighted by Crippen LogP contribution is 2.56. The van der Waals surface area contributed by atoms with Crippen LogP contribution < -0.4 is 13.7 Å². The molecule has 9 rings (SSSR count). The summed E-state index contributed by atoms with van der Waals surface area (Å²) in [7, 11) is -3.10. The smallest absolute Gasteiger partial charge is 0.309 e. The number of hydrogen-bond donors (Lipinski definition) is 0. The Balaban J connectivity index is 1.00. The van der Waals surface area contributed by atoms with Crippen molar-refractivity contribution in [2.24, 2.45) is 0 Å². The molecule has 1 aliphatic rings. The molecule has 4 aromatic heterocycles. The Hall–Kier alpha value is -6.37. The SMILES string of the molecule is CCOP(=O)(CC[n+]1ccc(-c2cc[n+](-c3ccc(C4(c5ccc(-[n+]6ccc(-c7ccncc7)cc6)cc5)c5ccccc5-c5ccccc54)cc3)cc2)cc1)OCC. The van der Waals surface area contributed by atoms with Crippen LogP contribution in [0.15, 0.2) is 195 Å². The van der Waals surface area contributed by atoms with Crippen LogP contribution >= 0.6 is 7.60 Å². The summed E-state index contributed by atoms with van der Waals surface area (Å²) >= 11 is 0. The molecule has 4 aromatic carbocycles. The molecule has 290 valence electrons. The summed E-state index contributed by atoms with van der Waals surface area (Å²) in [6, 6.07) is 52.6. The van der Waals surface area contributed by atoms with Gasteiger partial charge in [0.2, 0.25) is 11.4 Å². The predicted molar refractivity (Wildman–Crippen MR) is 231 cm³/mol. The van der Waals surface area contributed by atoms with Gasteiger partial charge in [-0.25, -0.2) is 4.57 Å². The van der Waals surface area contributed by atoms with E-state index in [-0.39, 0.29) is 0 Å². The highest BCUT2D eigenvalue weighted by atomic mass is 31.2. The Bertz CT molecular complexity index is 2680. The summed E-state index contributed by atoms with van der Waals surface area (Å²) in [5.74, 6) is 0. The average molecular weight is 794 g/mol. The van der Waals surface area contributed by atoms with Gasteiger partial charge >= 0.3 is 7.60 Å². The molecule has 8 heteroatoms. The van der Waals surface area contributed by atoms with Gasteiger partial charge < -0.3 is 9.05 Å². The number of hydrogen-bond acceptors (Lipinski definition) is 4. The van der Waals surface area contributed by atoms with Crippen LogP contribution in [0, 0.1) is 0 Å². The first-order valence-corrected chi connectivity index (χ1v) is 21.9. The molecule has 0 atom stereocenters. The topological polar surface area (TPSA) is 60.1 Å². The highest BCUT2D eigenvalue weighted by molar-refractivity contribution is 7.53. The van der Waals surface area contributed by atoms with Crippen molar-refractivity contribution in [2.75, 3.05) is 19.4 Å². The van der Waals surface area contributed by atoms with Gasteiger partial charge in [-0.3, -0.25) is 9.55 Å². The lowest BCUT2D eigenvalue weighted by Crippen LogP contribution is -2.34. The third-order valence-electron chi connectivity index (χ3n) is 11.3. The molecule has 0 saturated carbocycles. The summed E-state index contributed by atoms with van der Waals surface area (Å²) in [4.78, 5) is 4.16. The molecular formula is C51H46N4O3P+3. The second-order valence-corrected chi connectivity index (χ2v) is 16.8. The van der Waals surface area contributed by atoms with Crippen molar-refractivity contribution in [1.82, 2.24) is 4.98 Å². The van der Waals surface area contributed by atoms with E-state index in [0.717, 1.165) is 33.6 Å². The van der Waals surface area contributed by atoms with Crippen molar-refractivity contribution < 1.29 is 27.3 Å². The lowest BCUT2D eigenvalue weighted by atomic mass is 9.67. The lowest BCUT2D eigenvalue weighted by Gasteiger charge is -2.33. The fraction of sp³-hybridized carbons (Fsp3) is 0.137. The molecule has 0 spiro atoms. The molecule has 7 nitrogen and oxygen atoms in total. The van der Waals surface area contributed by atoms with Crippen molar-refractivity contribution in [2.45, 2.75) is 25.8 Å². The van der Waals surface area contributed by atoms with E-state index in [0.29, 0.717) is 25.9 Å². The first kappa shape index (κ1) is 38.2. The highest BCUT2D eigenvalue weighted by Gasteiger charge is 2.46. The molecule has 0 N–H and O–H groups in total. The average Bonchev–Trinajstić information content (AvgIpc) is 3.60. The number of rotatable bonds is 13. The van der Waals surface area contributed by atoms with Crippen LogP contribution in [0.1, 0.15) is 36.1 Å². The number of fused-ring (bicyclic) bond motifs is 3. The zero-order valence-electron chi connectivity index (χ0n) is 33.3. The van der Waals surface area contributed by atoms with Crippen LogP contribution in [0.5, 0.6) is 0 Å². The minimum absolute atomic E-state index is 0.331. The number of aryl methyl sites for hydroxylation is 1.